The van der Waals surface area contributed by atoms with Crippen molar-refractivity contribution in [2.24, 2.45) is 5.92 Å². The summed E-state index contributed by atoms with van der Waals surface area (Å²) < 4.78 is 6.86. The number of amides is 1. The van der Waals surface area contributed by atoms with Gasteiger partial charge in [-0.3, -0.25) is 19.4 Å². The summed E-state index contributed by atoms with van der Waals surface area (Å²) in [7, 11) is 0. The number of aromatic amines is 1. The van der Waals surface area contributed by atoms with Gasteiger partial charge in [0.15, 0.2) is 0 Å². The molecule has 0 saturated carbocycles. The Balaban J connectivity index is 1.37. The molecule has 1 amide bonds. The standard InChI is InChI=1S/C22H29N5O4/c1-13-16(10-23-27(13)21-24-17-7-5-6-15(17)19(29)25-21)20(30)26-11-14(12-26)8-9-18(28)31-22(2,3)4/h10,14H,5-9,11-12H2,1-4H3,(H,24,25,29). The van der Waals surface area contributed by atoms with E-state index in [4.69, 9.17) is 4.74 Å². The Morgan fingerprint density at radius 2 is 2.00 bits per heavy atom. The summed E-state index contributed by atoms with van der Waals surface area (Å²) in [5, 5.41) is 4.30. The van der Waals surface area contributed by atoms with E-state index in [-0.39, 0.29) is 17.4 Å². The Morgan fingerprint density at radius 1 is 1.26 bits per heavy atom. The highest BCUT2D eigenvalue weighted by molar-refractivity contribution is 5.95. The van der Waals surface area contributed by atoms with Crippen LogP contribution in [0.1, 0.15) is 67.3 Å². The molecule has 0 unspecified atom stereocenters. The van der Waals surface area contributed by atoms with Gasteiger partial charge in [-0.05, 0) is 59.3 Å². The number of rotatable bonds is 5. The van der Waals surface area contributed by atoms with Crippen molar-refractivity contribution in [2.45, 2.75) is 65.4 Å². The van der Waals surface area contributed by atoms with E-state index in [1.54, 1.807) is 11.8 Å². The SMILES string of the molecule is Cc1c(C(=O)N2CC(CCC(=O)OC(C)(C)C)C2)cnn1-c1nc2c(c(=O)[nH]1)CCC2. The van der Waals surface area contributed by atoms with Gasteiger partial charge < -0.3 is 9.64 Å². The van der Waals surface area contributed by atoms with Crippen LogP contribution in [0.25, 0.3) is 5.95 Å². The number of hydrogen-bond donors (Lipinski definition) is 1. The minimum atomic E-state index is -0.478. The lowest BCUT2D eigenvalue weighted by atomic mass is 9.94. The summed E-state index contributed by atoms with van der Waals surface area (Å²) in [4.78, 5) is 46.2. The first-order chi connectivity index (χ1) is 14.6. The first-order valence-corrected chi connectivity index (χ1v) is 10.8. The number of H-pyrrole nitrogens is 1. The molecule has 0 atom stereocenters. The molecule has 1 fully saturated rings. The highest BCUT2D eigenvalue weighted by atomic mass is 16.6. The fraction of sp³-hybridized carbons (Fsp3) is 0.591. The molecule has 1 N–H and O–H groups in total. The van der Waals surface area contributed by atoms with Crippen molar-refractivity contribution >= 4 is 11.9 Å². The molecule has 1 aliphatic carbocycles. The van der Waals surface area contributed by atoms with Gasteiger partial charge in [-0.2, -0.15) is 5.10 Å². The van der Waals surface area contributed by atoms with Crippen LogP contribution in [0.2, 0.25) is 0 Å². The minimum absolute atomic E-state index is 0.0965. The number of aromatic nitrogens is 4. The van der Waals surface area contributed by atoms with E-state index in [1.165, 1.54) is 10.9 Å². The Morgan fingerprint density at radius 3 is 2.71 bits per heavy atom. The van der Waals surface area contributed by atoms with Crippen LogP contribution in [-0.2, 0) is 22.4 Å². The third-order valence-electron chi connectivity index (χ3n) is 5.79. The number of esters is 1. The number of nitrogens with zero attached hydrogens (tertiary/aromatic N) is 4. The van der Waals surface area contributed by atoms with Gasteiger partial charge in [-0.1, -0.05) is 0 Å². The lowest BCUT2D eigenvalue weighted by molar-refractivity contribution is -0.155. The molecule has 2 aromatic heterocycles. The molecule has 9 heteroatoms. The molecule has 9 nitrogen and oxygen atoms in total. The molecule has 166 valence electrons. The minimum Gasteiger partial charge on any atom is -0.460 e. The monoisotopic (exact) mass is 427 g/mol. The number of hydrogen-bond acceptors (Lipinski definition) is 6. The smallest absolute Gasteiger partial charge is 0.306 e. The maximum atomic E-state index is 12.9. The zero-order valence-electron chi connectivity index (χ0n) is 18.5. The van der Waals surface area contributed by atoms with Crippen LogP contribution in [0, 0.1) is 12.8 Å². The van der Waals surface area contributed by atoms with Gasteiger partial charge >= 0.3 is 5.97 Å². The molecule has 3 heterocycles. The number of aryl methyl sites for hydroxylation is 1. The predicted octanol–water partition coefficient (Wildman–Crippen LogP) is 1.95. The lowest BCUT2D eigenvalue weighted by Crippen LogP contribution is -2.50. The number of ether oxygens (including phenoxy) is 1. The van der Waals surface area contributed by atoms with Crippen LogP contribution in [-0.4, -0.2) is 55.2 Å². The van der Waals surface area contributed by atoms with Gasteiger partial charge in [0.2, 0.25) is 5.95 Å². The van der Waals surface area contributed by atoms with Gasteiger partial charge in [0, 0.05) is 25.1 Å². The van der Waals surface area contributed by atoms with E-state index < -0.39 is 5.60 Å². The van der Waals surface area contributed by atoms with Crippen LogP contribution >= 0.6 is 0 Å². The van der Waals surface area contributed by atoms with Crippen LogP contribution in [0.5, 0.6) is 0 Å². The molecule has 0 bridgehead atoms. The van der Waals surface area contributed by atoms with Crippen molar-refractivity contribution in [1.82, 2.24) is 24.6 Å². The van der Waals surface area contributed by atoms with E-state index in [0.29, 0.717) is 49.1 Å². The second kappa shape index (κ2) is 7.94. The zero-order valence-corrected chi connectivity index (χ0v) is 18.5. The number of fused-ring (bicyclic) bond motifs is 1. The molecular formula is C22H29N5O4. The molecule has 31 heavy (non-hydrogen) atoms. The largest absolute Gasteiger partial charge is 0.460 e. The molecule has 1 saturated heterocycles. The molecule has 0 spiro atoms. The summed E-state index contributed by atoms with van der Waals surface area (Å²) in [5.41, 5.74) is 2.10. The normalized spacial score (nSPS) is 16.2. The molecule has 1 aliphatic heterocycles. The summed E-state index contributed by atoms with van der Waals surface area (Å²) in [6, 6.07) is 0. The average molecular weight is 428 g/mol. The van der Waals surface area contributed by atoms with Gasteiger partial charge in [-0.15, -0.1) is 0 Å². The second-order valence-corrected chi connectivity index (χ2v) is 9.43. The molecule has 2 aromatic rings. The summed E-state index contributed by atoms with van der Waals surface area (Å²) in [6.07, 6.45) is 5.07. The van der Waals surface area contributed by atoms with Crippen LogP contribution < -0.4 is 5.56 Å². The maximum Gasteiger partial charge on any atom is 0.306 e. The van der Waals surface area contributed by atoms with E-state index in [9.17, 15) is 14.4 Å². The van der Waals surface area contributed by atoms with Crippen molar-refractivity contribution in [3.63, 3.8) is 0 Å². The van der Waals surface area contributed by atoms with Crippen molar-refractivity contribution < 1.29 is 14.3 Å². The van der Waals surface area contributed by atoms with Crippen molar-refractivity contribution in [3.05, 3.63) is 39.1 Å². The average Bonchev–Trinajstić information content (AvgIpc) is 3.25. The van der Waals surface area contributed by atoms with Crippen molar-refractivity contribution in [1.29, 1.82) is 0 Å². The lowest BCUT2D eigenvalue weighted by Gasteiger charge is -2.39. The number of carbonyl (C=O) groups is 2. The topological polar surface area (TPSA) is 110 Å². The van der Waals surface area contributed by atoms with Gasteiger partial charge in [0.05, 0.1) is 23.1 Å². The summed E-state index contributed by atoms with van der Waals surface area (Å²) in [5.74, 6) is 0.341. The molecule has 4 rings (SSSR count). The Kier molecular flexibility index (Phi) is 5.45. The third kappa shape index (κ3) is 4.40. The second-order valence-electron chi connectivity index (χ2n) is 9.43. The molecule has 0 aromatic carbocycles. The van der Waals surface area contributed by atoms with Crippen LogP contribution in [0.4, 0.5) is 0 Å². The number of likely N-dealkylation sites (tertiary alicyclic amines) is 1. The van der Waals surface area contributed by atoms with Crippen molar-refractivity contribution in [2.75, 3.05) is 13.1 Å². The van der Waals surface area contributed by atoms with Gasteiger partial charge in [-0.25, -0.2) is 9.67 Å². The van der Waals surface area contributed by atoms with E-state index >= 15 is 0 Å². The third-order valence-corrected chi connectivity index (χ3v) is 5.79. The Hall–Kier alpha value is -2.97. The van der Waals surface area contributed by atoms with Crippen molar-refractivity contribution in [3.8, 4) is 5.95 Å². The summed E-state index contributed by atoms with van der Waals surface area (Å²) >= 11 is 0. The molecular weight excluding hydrogens is 398 g/mol. The highest BCUT2D eigenvalue weighted by Gasteiger charge is 2.33. The van der Waals surface area contributed by atoms with Crippen LogP contribution in [0.15, 0.2) is 11.0 Å². The van der Waals surface area contributed by atoms with Gasteiger partial charge in [0.25, 0.3) is 11.5 Å². The van der Waals surface area contributed by atoms with E-state index in [2.05, 4.69) is 15.1 Å². The fourth-order valence-electron chi connectivity index (χ4n) is 4.17. The first-order valence-electron chi connectivity index (χ1n) is 10.8. The van der Waals surface area contributed by atoms with Crippen LogP contribution in [0.3, 0.4) is 0 Å². The Bertz CT molecular complexity index is 1070. The maximum absolute atomic E-state index is 12.9. The number of carbonyl (C=O) groups excluding carboxylic acids is 2. The fourth-order valence-corrected chi connectivity index (χ4v) is 4.17. The molecule has 2 aliphatic rings. The Labute approximate surface area is 180 Å². The van der Waals surface area contributed by atoms with Gasteiger partial charge in [0.1, 0.15) is 5.60 Å². The first kappa shape index (κ1) is 21.3. The van der Waals surface area contributed by atoms with E-state index in [0.717, 1.165) is 30.5 Å². The van der Waals surface area contributed by atoms with E-state index in [1.807, 2.05) is 20.8 Å². The molecule has 0 radical (unpaired) electrons. The predicted molar refractivity (Wildman–Crippen MR) is 113 cm³/mol. The number of nitrogens with one attached hydrogen (secondary N) is 1. The quantitative estimate of drug-likeness (QED) is 0.731. The summed E-state index contributed by atoms with van der Waals surface area (Å²) in [6.45, 7) is 8.58. The zero-order chi connectivity index (χ0) is 22.3. The highest BCUT2D eigenvalue weighted by Crippen LogP contribution is 2.25.